The molecule has 5 nitrogen and oxygen atoms in total. The topological polar surface area (TPSA) is 67.6 Å². The zero-order chi connectivity index (χ0) is 18.2. The Kier molecular flexibility index (Phi) is 10.9. The maximum Gasteiger partial charge on any atom is 0.220 e. The number of nitrogens with two attached hydrogens (primary N) is 1. The Bertz CT molecular complexity index is 737. The third-order valence-electron chi connectivity index (χ3n) is 4.67. The fraction of sp³-hybridized carbons (Fsp3) is 0.381. The van der Waals surface area contributed by atoms with E-state index in [1.165, 1.54) is 5.56 Å². The average molecular weight is 426 g/mol. The zero-order valence-electron chi connectivity index (χ0n) is 15.9. The van der Waals surface area contributed by atoms with Crippen LogP contribution >= 0.6 is 24.8 Å². The minimum Gasteiger partial charge on any atom is -0.399 e. The quantitative estimate of drug-likeness (QED) is 0.668. The highest BCUT2D eigenvalue weighted by molar-refractivity contribution is 5.85. The lowest BCUT2D eigenvalue weighted by Gasteiger charge is -2.26. The van der Waals surface area contributed by atoms with Gasteiger partial charge < -0.3 is 15.8 Å². The standard InChI is InChI=1S/C21H27N3O2.2ClH/c22-20-7-2-1-6-19(20)8-9-21(25)23-15-17-4-3-5-18(14-17)16-24-10-12-26-13-11-24;;/h1-7,14H,8-13,15-16,22H2,(H,23,25);2*1H. The second-order valence-corrected chi connectivity index (χ2v) is 6.68. The molecule has 0 spiro atoms. The number of morpholine rings is 1. The van der Waals surface area contributed by atoms with E-state index >= 15 is 0 Å². The van der Waals surface area contributed by atoms with Crippen molar-refractivity contribution in [2.24, 2.45) is 0 Å². The van der Waals surface area contributed by atoms with Crippen molar-refractivity contribution in [3.63, 3.8) is 0 Å². The van der Waals surface area contributed by atoms with Crippen molar-refractivity contribution in [1.82, 2.24) is 10.2 Å². The third kappa shape index (κ3) is 7.68. The van der Waals surface area contributed by atoms with Gasteiger partial charge in [-0.15, -0.1) is 24.8 Å². The summed E-state index contributed by atoms with van der Waals surface area (Å²) in [6.07, 6.45) is 1.11. The monoisotopic (exact) mass is 425 g/mol. The number of rotatable bonds is 7. The van der Waals surface area contributed by atoms with Gasteiger partial charge in [0.25, 0.3) is 0 Å². The van der Waals surface area contributed by atoms with Crippen LogP contribution in [0, 0.1) is 0 Å². The molecule has 1 aliphatic heterocycles. The first-order valence-electron chi connectivity index (χ1n) is 9.19. The van der Waals surface area contributed by atoms with Crippen molar-refractivity contribution in [3.05, 3.63) is 65.2 Å². The van der Waals surface area contributed by atoms with E-state index in [0.29, 0.717) is 19.4 Å². The lowest BCUT2D eigenvalue weighted by molar-refractivity contribution is -0.121. The summed E-state index contributed by atoms with van der Waals surface area (Å²) in [6.45, 7) is 5.05. The number of aryl methyl sites for hydroxylation is 1. The Hall–Kier alpha value is -1.79. The summed E-state index contributed by atoms with van der Waals surface area (Å²) in [6, 6.07) is 16.1. The van der Waals surface area contributed by atoms with Crippen molar-refractivity contribution in [3.8, 4) is 0 Å². The number of amides is 1. The molecule has 0 atom stereocenters. The maximum absolute atomic E-state index is 12.1. The molecule has 1 amide bonds. The van der Waals surface area contributed by atoms with Crippen LogP contribution in [0.1, 0.15) is 23.1 Å². The predicted octanol–water partition coefficient (Wildman–Crippen LogP) is 3.19. The van der Waals surface area contributed by atoms with Gasteiger partial charge in [0.1, 0.15) is 0 Å². The van der Waals surface area contributed by atoms with E-state index in [2.05, 4.69) is 34.5 Å². The molecule has 154 valence electrons. The molecule has 1 saturated heterocycles. The molecule has 7 heteroatoms. The number of carbonyl (C=O) groups excluding carboxylic acids is 1. The summed E-state index contributed by atoms with van der Waals surface area (Å²) in [4.78, 5) is 14.5. The number of ether oxygens (including phenoxy) is 1. The Morgan fingerprint density at radius 3 is 2.50 bits per heavy atom. The SMILES string of the molecule is Cl.Cl.Nc1ccccc1CCC(=O)NCc1cccc(CN2CCOCC2)c1. The number of carbonyl (C=O) groups is 1. The van der Waals surface area contributed by atoms with E-state index in [1.54, 1.807) is 0 Å². The summed E-state index contributed by atoms with van der Waals surface area (Å²) in [7, 11) is 0. The first-order chi connectivity index (χ1) is 12.7. The molecular formula is C21H29Cl2N3O2. The number of benzene rings is 2. The minimum absolute atomic E-state index is 0. The number of nitrogens with one attached hydrogen (secondary N) is 1. The Balaban J connectivity index is 0.00000196. The Morgan fingerprint density at radius 1 is 1.04 bits per heavy atom. The molecule has 0 saturated carbocycles. The molecule has 1 fully saturated rings. The summed E-state index contributed by atoms with van der Waals surface area (Å²) in [5, 5.41) is 3.01. The van der Waals surface area contributed by atoms with Crippen molar-refractivity contribution >= 4 is 36.4 Å². The van der Waals surface area contributed by atoms with Crippen LogP contribution in [0.3, 0.4) is 0 Å². The lowest BCUT2D eigenvalue weighted by atomic mass is 10.1. The molecule has 3 N–H and O–H groups in total. The van der Waals surface area contributed by atoms with Gasteiger partial charge in [0, 0.05) is 38.3 Å². The van der Waals surface area contributed by atoms with Crippen LogP contribution in [0.4, 0.5) is 5.69 Å². The van der Waals surface area contributed by atoms with E-state index in [4.69, 9.17) is 10.5 Å². The molecule has 0 unspecified atom stereocenters. The Labute approximate surface area is 179 Å². The molecular weight excluding hydrogens is 397 g/mol. The first kappa shape index (κ1) is 24.2. The van der Waals surface area contributed by atoms with E-state index in [1.807, 2.05) is 24.3 Å². The highest BCUT2D eigenvalue weighted by atomic mass is 35.5. The molecule has 2 aromatic rings. The van der Waals surface area contributed by atoms with E-state index in [-0.39, 0.29) is 30.7 Å². The first-order valence-corrected chi connectivity index (χ1v) is 9.19. The number of nitrogens with zero attached hydrogens (tertiary/aromatic N) is 1. The van der Waals surface area contributed by atoms with Crippen molar-refractivity contribution in [1.29, 1.82) is 0 Å². The smallest absolute Gasteiger partial charge is 0.220 e. The van der Waals surface area contributed by atoms with Gasteiger partial charge in [-0.25, -0.2) is 0 Å². The largest absolute Gasteiger partial charge is 0.399 e. The number of para-hydroxylation sites is 1. The van der Waals surface area contributed by atoms with Gasteiger partial charge in [-0.05, 0) is 29.2 Å². The highest BCUT2D eigenvalue weighted by Gasteiger charge is 2.11. The maximum atomic E-state index is 12.1. The molecule has 2 aromatic carbocycles. The van der Waals surface area contributed by atoms with Crippen LogP contribution in [-0.2, 0) is 29.0 Å². The number of hydrogen-bond acceptors (Lipinski definition) is 4. The number of hydrogen-bond donors (Lipinski definition) is 2. The predicted molar refractivity (Wildman–Crippen MR) is 118 cm³/mol. The van der Waals surface area contributed by atoms with Gasteiger partial charge in [0.15, 0.2) is 0 Å². The summed E-state index contributed by atoms with van der Waals surface area (Å²) in [5.74, 6) is 0.0480. The van der Waals surface area contributed by atoms with Gasteiger partial charge in [-0.1, -0.05) is 42.5 Å². The zero-order valence-corrected chi connectivity index (χ0v) is 17.6. The third-order valence-corrected chi connectivity index (χ3v) is 4.67. The molecule has 1 heterocycles. The number of nitrogen functional groups attached to an aromatic ring is 1. The summed E-state index contributed by atoms with van der Waals surface area (Å²) in [5.41, 5.74) is 10.1. The molecule has 3 rings (SSSR count). The fourth-order valence-electron chi connectivity index (χ4n) is 3.15. The van der Waals surface area contributed by atoms with Crippen molar-refractivity contribution in [2.75, 3.05) is 32.0 Å². The van der Waals surface area contributed by atoms with E-state index < -0.39 is 0 Å². The van der Waals surface area contributed by atoms with Crippen LogP contribution in [0.15, 0.2) is 48.5 Å². The van der Waals surface area contributed by atoms with Crippen LogP contribution < -0.4 is 11.1 Å². The molecule has 0 aliphatic carbocycles. The normalized spacial score (nSPS) is 13.9. The fourth-order valence-corrected chi connectivity index (χ4v) is 3.15. The van der Waals surface area contributed by atoms with Crippen molar-refractivity contribution < 1.29 is 9.53 Å². The molecule has 0 aromatic heterocycles. The summed E-state index contributed by atoms with van der Waals surface area (Å²) >= 11 is 0. The van der Waals surface area contributed by atoms with Gasteiger partial charge >= 0.3 is 0 Å². The number of anilines is 1. The van der Waals surface area contributed by atoms with Crippen LogP contribution in [0.5, 0.6) is 0 Å². The highest BCUT2D eigenvalue weighted by Crippen LogP contribution is 2.13. The molecule has 1 aliphatic rings. The summed E-state index contributed by atoms with van der Waals surface area (Å²) < 4.78 is 5.39. The van der Waals surface area contributed by atoms with Gasteiger partial charge in [0.05, 0.1) is 13.2 Å². The molecule has 0 radical (unpaired) electrons. The molecule has 0 bridgehead atoms. The number of halogens is 2. The van der Waals surface area contributed by atoms with E-state index in [9.17, 15) is 4.79 Å². The van der Waals surface area contributed by atoms with Crippen LogP contribution in [-0.4, -0.2) is 37.1 Å². The second kappa shape index (κ2) is 12.6. The van der Waals surface area contributed by atoms with Gasteiger partial charge in [-0.2, -0.15) is 0 Å². The Morgan fingerprint density at radius 2 is 1.75 bits per heavy atom. The van der Waals surface area contributed by atoms with Gasteiger partial charge in [0.2, 0.25) is 5.91 Å². The molecule has 28 heavy (non-hydrogen) atoms. The lowest BCUT2D eigenvalue weighted by Crippen LogP contribution is -2.35. The van der Waals surface area contributed by atoms with E-state index in [0.717, 1.165) is 49.7 Å². The van der Waals surface area contributed by atoms with Crippen LogP contribution in [0.2, 0.25) is 0 Å². The van der Waals surface area contributed by atoms with Crippen LogP contribution in [0.25, 0.3) is 0 Å². The van der Waals surface area contributed by atoms with Gasteiger partial charge in [-0.3, -0.25) is 9.69 Å². The minimum atomic E-state index is 0. The van der Waals surface area contributed by atoms with Crippen molar-refractivity contribution in [2.45, 2.75) is 25.9 Å². The average Bonchev–Trinajstić information content (AvgIpc) is 2.67. The second-order valence-electron chi connectivity index (χ2n) is 6.68.